The number of benzene rings is 1. The second-order valence-electron chi connectivity index (χ2n) is 2.56. The normalized spacial score (nSPS) is 9.92. The molecule has 0 amide bonds. The van der Waals surface area contributed by atoms with Gasteiger partial charge in [0, 0.05) is 10.6 Å². The first-order valence-corrected chi connectivity index (χ1v) is 4.12. The minimum Gasteiger partial charge on any atom is -0.506 e. The van der Waals surface area contributed by atoms with Crippen molar-refractivity contribution in [1.82, 2.24) is 0 Å². The van der Waals surface area contributed by atoms with Crippen LogP contribution in [0.5, 0.6) is 5.75 Å². The van der Waals surface area contributed by atoms with Gasteiger partial charge in [0.25, 0.3) is 0 Å². The topological polar surface area (TPSA) is 20.2 Å². The van der Waals surface area contributed by atoms with Crippen LogP contribution in [0.25, 0.3) is 5.57 Å². The zero-order chi connectivity index (χ0) is 9.30. The fourth-order valence-corrected chi connectivity index (χ4v) is 1.38. The van der Waals surface area contributed by atoms with E-state index in [1.165, 1.54) is 6.07 Å². The maximum absolute atomic E-state index is 9.44. The molecule has 1 aromatic carbocycles. The van der Waals surface area contributed by atoms with Gasteiger partial charge in [-0.25, -0.2) is 0 Å². The molecule has 0 saturated carbocycles. The zero-order valence-corrected chi connectivity index (χ0v) is 8.08. The Kier molecular flexibility index (Phi) is 2.65. The van der Waals surface area contributed by atoms with E-state index in [1.54, 1.807) is 13.0 Å². The van der Waals surface area contributed by atoms with Gasteiger partial charge < -0.3 is 5.11 Å². The highest BCUT2D eigenvalue weighted by molar-refractivity contribution is 6.35. The first kappa shape index (κ1) is 9.43. The molecule has 0 unspecified atom stereocenters. The zero-order valence-electron chi connectivity index (χ0n) is 6.56. The number of aromatic hydroxyl groups is 1. The van der Waals surface area contributed by atoms with E-state index >= 15 is 0 Å². The van der Waals surface area contributed by atoms with Crippen molar-refractivity contribution in [3.05, 3.63) is 34.3 Å². The Labute approximate surface area is 81.2 Å². The number of halogens is 2. The third kappa shape index (κ3) is 1.74. The predicted octanol–water partition coefficient (Wildman–Crippen LogP) is 3.73. The lowest BCUT2D eigenvalue weighted by molar-refractivity contribution is 0.474. The number of allylic oxidation sites excluding steroid dienone is 1. The van der Waals surface area contributed by atoms with Gasteiger partial charge >= 0.3 is 0 Å². The van der Waals surface area contributed by atoms with E-state index in [0.717, 1.165) is 5.57 Å². The lowest BCUT2D eigenvalue weighted by Gasteiger charge is -2.05. The summed E-state index contributed by atoms with van der Waals surface area (Å²) >= 11 is 11.4. The lowest BCUT2D eigenvalue weighted by Crippen LogP contribution is -1.81. The summed E-state index contributed by atoms with van der Waals surface area (Å²) in [4.78, 5) is 0. The molecule has 1 aromatic rings. The number of phenols is 1. The maximum atomic E-state index is 9.44. The van der Waals surface area contributed by atoms with Gasteiger partial charge in [-0.3, -0.25) is 0 Å². The molecule has 0 aliphatic rings. The molecule has 0 aliphatic heterocycles. The van der Waals surface area contributed by atoms with Crippen LogP contribution in [0.4, 0.5) is 0 Å². The number of phenolic OH excluding ortho intramolecular Hbond substituents is 1. The van der Waals surface area contributed by atoms with E-state index in [0.29, 0.717) is 10.6 Å². The first-order chi connectivity index (χ1) is 5.52. The Balaban J connectivity index is 3.37. The fraction of sp³-hybridized carbons (Fsp3) is 0.111. The molecule has 12 heavy (non-hydrogen) atoms. The van der Waals surface area contributed by atoms with Crippen LogP contribution in [-0.2, 0) is 0 Å². The highest BCUT2D eigenvalue weighted by Crippen LogP contribution is 2.34. The summed E-state index contributed by atoms with van der Waals surface area (Å²) in [5.74, 6) is 0.0357. The quantitative estimate of drug-likeness (QED) is 0.737. The number of rotatable bonds is 1. The molecule has 0 radical (unpaired) electrons. The standard InChI is InChI=1S/C9H8Cl2O/c1-5(2)7-3-6(10)4-8(11)9(7)12/h3-4,12H,1H2,2H3. The molecule has 64 valence electrons. The van der Waals surface area contributed by atoms with Crippen LogP contribution in [-0.4, -0.2) is 5.11 Å². The smallest absolute Gasteiger partial charge is 0.141 e. The Morgan fingerprint density at radius 3 is 2.50 bits per heavy atom. The molecule has 1 rings (SSSR count). The lowest BCUT2D eigenvalue weighted by atomic mass is 10.1. The van der Waals surface area contributed by atoms with Crippen LogP contribution in [0.2, 0.25) is 10.0 Å². The monoisotopic (exact) mass is 202 g/mol. The molecular formula is C9H8Cl2O. The number of hydrogen-bond donors (Lipinski definition) is 1. The molecule has 0 aliphatic carbocycles. The maximum Gasteiger partial charge on any atom is 0.141 e. The Morgan fingerprint density at radius 1 is 1.42 bits per heavy atom. The van der Waals surface area contributed by atoms with Gasteiger partial charge in [0.1, 0.15) is 5.75 Å². The summed E-state index contributed by atoms with van der Waals surface area (Å²) in [6, 6.07) is 3.12. The summed E-state index contributed by atoms with van der Waals surface area (Å²) in [6.45, 7) is 5.47. The molecule has 0 aromatic heterocycles. The van der Waals surface area contributed by atoms with Gasteiger partial charge in [-0.05, 0) is 24.6 Å². The second kappa shape index (κ2) is 3.38. The van der Waals surface area contributed by atoms with E-state index in [9.17, 15) is 5.11 Å². The summed E-state index contributed by atoms with van der Waals surface area (Å²) in [5.41, 5.74) is 1.32. The summed E-state index contributed by atoms with van der Waals surface area (Å²) in [7, 11) is 0. The Bertz CT molecular complexity index is 332. The molecule has 0 atom stereocenters. The van der Waals surface area contributed by atoms with Crippen LogP contribution in [0, 0.1) is 0 Å². The van der Waals surface area contributed by atoms with Crippen LogP contribution >= 0.6 is 23.2 Å². The van der Waals surface area contributed by atoms with Crippen molar-refractivity contribution in [2.75, 3.05) is 0 Å². The molecule has 1 N–H and O–H groups in total. The largest absolute Gasteiger partial charge is 0.506 e. The van der Waals surface area contributed by atoms with Crippen LogP contribution in [0.15, 0.2) is 18.7 Å². The van der Waals surface area contributed by atoms with Crippen molar-refractivity contribution in [1.29, 1.82) is 0 Å². The molecule has 3 heteroatoms. The molecule has 1 nitrogen and oxygen atoms in total. The van der Waals surface area contributed by atoms with Crippen LogP contribution < -0.4 is 0 Å². The fourth-order valence-electron chi connectivity index (χ4n) is 0.891. The minimum atomic E-state index is 0.0357. The third-order valence-corrected chi connectivity index (χ3v) is 1.99. The SMILES string of the molecule is C=C(C)c1cc(Cl)cc(Cl)c1O. The van der Waals surface area contributed by atoms with Gasteiger partial charge in [-0.1, -0.05) is 29.8 Å². The van der Waals surface area contributed by atoms with Gasteiger partial charge in [0.15, 0.2) is 0 Å². The Morgan fingerprint density at radius 2 is 2.00 bits per heavy atom. The van der Waals surface area contributed by atoms with Gasteiger partial charge in [0.05, 0.1) is 5.02 Å². The van der Waals surface area contributed by atoms with Crippen molar-refractivity contribution in [2.24, 2.45) is 0 Å². The van der Waals surface area contributed by atoms with Gasteiger partial charge in [-0.15, -0.1) is 0 Å². The summed E-state index contributed by atoms with van der Waals surface area (Å²) < 4.78 is 0. The van der Waals surface area contributed by atoms with Crippen molar-refractivity contribution in [2.45, 2.75) is 6.92 Å². The van der Waals surface area contributed by atoms with E-state index < -0.39 is 0 Å². The first-order valence-electron chi connectivity index (χ1n) is 3.36. The van der Waals surface area contributed by atoms with Crippen molar-refractivity contribution >= 4 is 28.8 Å². The molecule has 0 saturated heterocycles. The van der Waals surface area contributed by atoms with Gasteiger partial charge in [0.2, 0.25) is 0 Å². The Hall–Kier alpha value is -0.660. The average molecular weight is 203 g/mol. The van der Waals surface area contributed by atoms with Gasteiger partial charge in [-0.2, -0.15) is 0 Å². The van der Waals surface area contributed by atoms with E-state index in [-0.39, 0.29) is 10.8 Å². The van der Waals surface area contributed by atoms with E-state index in [4.69, 9.17) is 23.2 Å². The molecule has 0 heterocycles. The highest BCUT2D eigenvalue weighted by atomic mass is 35.5. The summed E-state index contributed by atoms with van der Waals surface area (Å²) in [6.07, 6.45) is 0. The minimum absolute atomic E-state index is 0.0357. The molecule has 0 bridgehead atoms. The van der Waals surface area contributed by atoms with E-state index in [1.807, 2.05) is 0 Å². The average Bonchev–Trinajstić information content (AvgIpc) is 1.96. The van der Waals surface area contributed by atoms with Crippen LogP contribution in [0.1, 0.15) is 12.5 Å². The second-order valence-corrected chi connectivity index (χ2v) is 3.41. The summed E-state index contributed by atoms with van der Waals surface area (Å²) in [5, 5.41) is 10.2. The van der Waals surface area contributed by atoms with E-state index in [2.05, 4.69) is 6.58 Å². The van der Waals surface area contributed by atoms with Crippen molar-refractivity contribution in [3.63, 3.8) is 0 Å². The van der Waals surface area contributed by atoms with Crippen LogP contribution in [0.3, 0.4) is 0 Å². The molecule has 0 spiro atoms. The van der Waals surface area contributed by atoms with Crippen molar-refractivity contribution < 1.29 is 5.11 Å². The third-order valence-electron chi connectivity index (χ3n) is 1.49. The number of hydrogen-bond acceptors (Lipinski definition) is 1. The molecular weight excluding hydrogens is 195 g/mol. The predicted molar refractivity (Wildman–Crippen MR) is 52.8 cm³/mol. The van der Waals surface area contributed by atoms with Crippen molar-refractivity contribution in [3.8, 4) is 5.75 Å². The molecule has 0 fully saturated rings. The highest BCUT2D eigenvalue weighted by Gasteiger charge is 2.07.